The maximum absolute atomic E-state index is 12.1. The van der Waals surface area contributed by atoms with E-state index < -0.39 is 0 Å². The number of aryl methyl sites for hydroxylation is 1. The molecule has 0 saturated heterocycles. The molecule has 0 aliphatic rings. The Bertz CT molecular complexity index is 651. The Hall–Kier alpha value is -2.62. The molecule has 0 aliphatic heterocycles. The molecular formula is C19H22N2O2. The Morgan fingerprint density at radius 2 is 1.65 bits per heavy atom. The lowest BCUT2D eigenvalue weighted by Crippen LogP contribution is -2.31. The molecule has 0 saturated carbocycles. The minimum absolute atomic E-state index is 0.0129. The fourth-order valence-electron chi connectivity index (χ4n) is 2.22. The van der Waals surface area contributed by atoms with E-state index in [-0.39, 0.29) is 11.8 Å². The maximum Gasteiger partial charge on any atom is 0.251 e. The van der Waals surface area contributed by atoms with Crippen molar-refractivity contribution >= 4 is 11.8 Å². The molecule has 2 rings (SSSR count). The van der Waals surface area contributed by atoms with Crippen LogP contribution in [0.25, 0.3) is 0 Å². The Kier molecular flexibility index (Phi) is 5.92. The quantitative estimate of drug-likeness (QED) is 0.892. The van der Waals surface area contributed by atoms with Crippen molar-refractivity contribution in [2.24, 2.45) is 0 Å². The summed E-state index contributed by atoms with van der Waals surface area (Å²) in [5.74, 6) is -0.140. The Morgan fingerprint density at radius 1 is 1.00 bits per heavy atom. The third-order valence-corrected chi connectivity index (χ3v) is 3.63. The van der Waals surface area contributed by atoms with E-state index in [0.29, 0.717) is 25.1 Å². The largest absolute Gasteiger partial charge is 0.352 e. The zero-order chi connectivity index (χ0) is 16.7. The first-order chi connectivity index (χ1) is 11.1. The van der Waals surface area contributed by atoms with Gasteiger partial charge in [-0.1, -0.05) is 48.0 Å². The van der Waals surface area contributed by atoms with Crippen LogP contribution >= 0.6 is 0 Å². The van der Waals surface area contributed by atoms with Gasteiger partial charge in [0.1, 0.15) is 0 Å². The van der Waals surface area contributed by atoms with E-state index in [1.165, 1.54) is 5.56 Å². The standard InChI is InChI=1S/C19H22N2O2/c1-15-8-10-16(11-9-15)14-21(2)18(22)12-13-20-19(23)17-6-4-3-5-7-17/h3-11H,12-14H2,1-2H3,(H,20,23). The van der Waals surface area contributed by atoms with Crippen molar-refractivity contribution in [2.75, 3.05) is 13.6 Å². The smallest absolute Gasteiger partial charge is 0.251 e. The van der Waals surface area contributed by atoms with E-state index in [9.17, 15) is 9.59 Å². The summed E-state index contributed by atoms with van der Waals surface area (Å²) < 4.78 is 0. The predicted molar refractivity (Wildman–Crippen MR) is 91.0 cm³/mol. The minimum Gasteiger partial charge on any atom is -0.352 e. The summed E-state index contributed by atoms with van der Waals surface area (Å²) >= 11 is 0. The Morgan fingerprint density at radius 3 is 2.30 bits per heavy atom. The number of hydrogen-bond acceptors (Lipinski definition) is 2. The molecule has 2 amide bonds. The van der Waals surface area contributed by atoms with Crippen LogP contribution in [0.3, 0.4) is 0 Å². The molecule has 0 bridgehead atoms. The van der Waals surface area contributed by atoms with Crippen LogP contribution in [0.4, 0.5) is 0 Å². The number of nitrogens with one attached hydrogen (secondary N) is 1. The lowest BCUT2D eigenvalue weighted by Gasteiger charge is -2.17. The summed E-state index contributed by atoms with van der Waals surface area (Å²) in [5.41, 5.74) is 2.90. The average Bonchev–Trinajstić information content (AvgIpc) is 2.57. The second-order valence-electron chi connectivity index (χ2n) is 5.61. The first-order valence-corrected chi connectivity index (χ1v) is 7.69. The van der Waals surface area contributed by atoms with Gasteiger partial charge in [-0.25, -0.2) is 0 Å². The molecule has 0 aliphatic carbocycles. The second kappa shape index (κ2) is 8.13. The molecule has 0 unspecified atom stereocenters. The fourth-order valence-corrected chi connectivity index (χ4v) is 2.22. The van der Waals surface area contributed by atoms with Crippen molar-refractivity contribution in [3.8, 4) is 0 Å². The van der Waals surface area contributed by atoms with Crippen LogP contribution < -0.4 is 5.32 Å². The van der Waals surface area contributed by atoms with Crippen LogP contribution in [0.15, 0.2) is 54.6 Å². The summed E-state index contributed by atoms with van der Waals surface area (Å²) in [7, 11) is 1.78. The zero-order valence-corrected chi connectivity index (χ0v) is 13.6. The Labute approximate surface area is 137 Å². The molecule has 2 aromatic carbocycles. The third kappa shape index (κ3) is 5.25. The highest BCUT2D eigenvalue weighted by Crippen LogP contribution is 2.06. The summed E-state index contributed by atoms with van der Waals surface area (Å²) in [4.78, 5) is 25.7. The van der Waals surface area contributed by atoms with Crippen LogP contribution in [0.5, 0.6) is 0 Å². The van der Waals surface area contributed by atoms with E-state index >= 15 is 0 Å². The number of carbonyl (C=O) groups is 2. The summed E-state index contributed by atoms with van der Waals surface area (Å²) in [6.07, 6.45) is 0.293. The molecular weight excluding hydrogens is 288 g/mol. The van der Waals surface area contributed by atoms with Crippen LogP contribution in [0.2, 0.25) is 0 Å². The van der Waals surface area contributed by atoms with Crippen LogP contribution in [0, 0.1) is 6.92 Å². The number of rotatable bonds is 6. The molecule has 0 spiro atoms. The predicted octanol–water partition coefficient (Wildman–Crippen LogP) is 2.77. The third-order valence-electron chi connectivity index (χ3n) is 3.63. The number of benzene rings is 2. The number of hydrogen-bond donors (Lipinski definition) is 1. The van der Waals surface area contributed by atoms with Gasteiger partial charge in [0.05, 0.1) is 0 Å². The topological polar surface area (TPSA) is 49.4 Å². The normalized spacial score (nSPS) is 10.2. The van der Waals surface area contributed by atoms with Gasteiger partial charge in [0.25, 0.3) is 5.91 Å². The van der Waals surface area contributed by atoms with Gasteiger partial charge in [-0.3, -0.25) is 9.59 Å². The zero-order valence-electron chi connectivity index (χ0n) is 13.6. The first-order valence-electron chi connectivity index (χ1n) is 7.69. The lowest BCUT2D eigenvalue weighted by molar-refractivity contribution is -0.130. The van der Waals surface area contributed by atoms with Gasteiger partial charge in [0, 0.05) is 32.1 Å². The van der Waals surface area contributed by atoms with Crippen molar-refractivity contribution < 1.29 is 9.59 Å². The van der Waals surface area contributed by atoms with Gasteiger partial charge in [-0.2, -0.15) is 0 Å². The van der Waals surface area contributed by atoms with E-state index in [1.54, 1.807) is 24.1 Å². The molecule has 23 heavy (non-hydrogen) atoms. The van der Waals surface area contributed by atoms with E-state index in [1.807, 2.05) is 49.4 Å². The van der Waals surface area contributed by atoms with Crippen LogP contribution in [-0.2, 0) is 11.3 Å². The van der Waals surface area contributed by atoms with E-state index in [0.717, 1.165) is 5.56 Å². The highest BCUT2D eigenvalue weighted by molar-refractivity contribution is 5.94. The Balaban J connectivity index is 1.76. The van der Waals surface area contributed by atoms with Gasteiger partial charge in [0.2, 0.25) is 5.91 Å². The van der Waals surface area contributed by atoms with Gasteiger partial charge in [-0.15, -0.1) is 0 Å². The van der Waals surface area contributed by atoms with Gasteiger partial charge >= 0.3 is 0 Å². The molecule has 4 nitrogen and oxygen atoms in total. The molecule has 0 atom stereocenters. The van der Waals surface area contributed by atoms with Crippen LogP contribution in [-0.4, -0.2) is 30.3 Å². The van der Waals surface area contributed by atoms with Gasteiger partial charge < -0.3 is 10.2 Å². The number of carbonyl (C=O) groups excluding carboxylic acids is 2. The SMILES string of the molecule is Cc1ccc(CN(C)C(=O)CCNC(=O)c2ccccc2)cc1. The first kappa shape index (κ1) is 16.7. The monoisotopic (exact) mass is 310 g/mol. The van der Waals surface area contributed by atoms with Crippen molar-refractivity contribution in [2.45, 2.75) is 19.9 Å². The summed E-state index contributed by atoms with van der Waals surface area (Å²) in [6.45, 7) is 2.95. The molecule has 1 N–H and O–H groups in total. The average molecular weight is 310 g/mol. The molecule has 2 aromatic rings. The van der Waals surface area contributed by atoms with Crippen LogP contribution in [0.1, 0.15) is 27.9 Å². The van der Waals surface area contributed by atoms with Crippen molar-refractivity contribution in [1.82, 2.24) is 10.2 Å². The number of nitrogens with zero attached hydrogens (tertiary/aromatic N) is 1. The minimum atomic E-state index is -0.153. The molecule has 0 fully saturated rings. The van der Waals surface area contributed by atoms with Crippen molar-refractivity contribution in [3.63, 3.8) is 0 Å². The van der Waals surface area contributed by atoms with Gasteiger partial charge in [-0.05, 0) is 24.6 Å². The van der Waals surface area contributed by atoms with Crippen molar-refractivity contribution in [1.29, 1.82) is 0 Å². The molecule has 4 heteroatoms. The second-order valence-corrected chi connectivity index (χ2v) is 5.61. The van der Waals surface area contributed by atoms with Crippen molar-refractivity contribution in [3.05, 3.63) is 71.3 Å². The summed E-state index contributed by atoms with van der Waals surface area (Å²) in [6, 6.07) is 17.1. The van der Waals surface area contributed by atoms with Gasteiger partial charge in [0.15, 0.2) is 0 Å². The maximum atomic E-state index is 12.1. The molecule has 0 radical (unpaired) electrons. The lowest BCUT2D eigenvalue weighted by atomic mass is 10.1. The molecule has 120 valence electrons. The summed E-state index contributed by atoms with van der Waals surface area (Å²) in [5, 5.41) is 2.77. The highest BCUT2D eigenvalue weighted by atomic mass is 16.2. The van der Waals surface area contributed by atoms with E-state index in [2.05, 4.69) is 5.32 Å². The highest BCUT2D eigenvalue weighted by Gasteiger charge is 2.10. The van der Waals surface area contributed by atoms with E-state index in [4.69, 9.17) is 0 Å². The fraction of sp³-hybridized carbons (Fsp3) is 0.263. The molecule has 0 heterocycles. The number of amides is 2. The molecule has 0 aromatic heterocycles.